The molecule has 100 valence electrons. The molecule has 0 unspecified atom stereocenters. The molecule has 2 rings (SSSR count). The van der Waals surface area contributed by atoms with Crippen LogP contribution >= 0.6 is 0 Å². The Balaban J connectivity index is 0.000000312. The Morgan fingerprint density at radius 1 is 0.895 bits per heavy atom. The summed E-state index contributed by atoms with van der Waals surface area (Å²) in [5, 5.41) is 15.6. The van der Waals surface area contributed by atoms with E-state index in [-0.39, 0.29) is 12.3 Å². The van der Waals surface area contributed by atoms with E-state index in [1.165, 1.54) is 0 Å². The number of benzene rings is 2. The Bertz CT molecular complexity index is 442. The van der Waals surface area contributed by atoms with E-state index in [9.17, 15) is 4.79 Å². The Morgan fingerprint density at radius 2 is 1.21 bits per heavy atom. The molecule has 0 spiro atoms. The molecule has 0 bridgehead atoms. The zero-order valence-corrected chi connectivity index (χ0v) is 10.4. The molecule has 0 radical (unpaired) electrons. The van der Waals surface area contributed by atoms with Gasteiger partial charge in [0.05, 0.1) is 0 Å². The maximum atomic E-state index is 11.8. The summed E-state index contributed by atoms with van der Waals surface area (Å²) in [5.41, 5.74) is 6.14. The molecule has 0 aliphatic heterocycles. The van der Waals surface area contributed by atoms with Crippen LogP contribution in [0.5, 0.6) is 0 Å². The fourth-order valence-electron chi connectivity index (χ4n) is 1.35. The van der Waals surface area contributed by atoms with Crippen molar-refractivity contribution >= 4 is 5.78 Å². The minimum Gasteiger partial charge on any atom is -0.367 e. The highest BCUT2D eigenvalue weighted by Crippen LogP contribution is 2.08. The molecule has 0 saturated carbocycles. The van der Waals surface area contributed by atoms with E-state index >= 15 is 0 Å². The lowest BCUT2D eigenvalue weighted by Crippen LogP contribution is -2.17. The topological polar surface area (TPSA) is 83.6 Å². The van der Waals surface area contributed by atoms with E-state index < -0.39 is 6.29 Å². The number of carbonyl (C=O) groups excluding carboxylic acids is 1. The van der Waals surface area contributed by atoms with E-state index in [0.29, 0.717) is 0 Å². The lowest BCUT2D eigenvalue weighted by atomic mass is 10.0. The number of carbonyl (C=O) groups is 1. The highest BCUT2D eigenvalue weighted by Gasteiger charge is 2.06. The van der Waals surface area contributed by atoms with Crippen molar-refractivity contribution in [1.82, 2.24) is 0 Å². The van der Waals surface area contributed by atoms with Crippen LogP contribution in [0.3, 0.4) is 0 Å². The molecule has 0 aliphatic carbocycles. The summed E-state index contributed by atoms with van der Waals surface area (Å²) in [4.78, 5) is 11.8. The van der Waals surface area contributed by atoms with Gasteiger partial charge in [-0.2, -0.15) is 0 Å². The highest BCUT2D eigenvalue weighted by molar-refractivity contribution is 6.08. The number of ketones is 1. The Kier molecular flexibility index (Phi) is 6.46. The fraction of sp³-hybridized carbons (Fsp3) is 0.133. The van der Waals surface area contributed by atoms with Crippen LogP contribution in [-0.4, -0.2) is 28.8 Å². The van der Waals surface area contributed by atoms with E-state index in [1.54, 1.807) is 0 Å². The maximum absolute atomic E-state index is 11.8. The third kappa shape index (κ3) is 5.44. The standard InChI is InChI=1S/C13H10O.C2H7NO2/c14-13(11-7-3-1-4-8-11)12-9-5-2-6-10-12;3-1-2(4)5/h1-10H;2,4-5H,1,3H2. The predicted molar refractivity (Wildman–Crippen MR) is 73.6 cm³/mol. The van der Waals surface area contributed by atoms with Gasteiger partial charge in [0, 0.05) is 17.7 Å². The van der Waals surface area contributed by atoms with Crippen molar-refractivity contribution < 1.29 is 15.0 Å². The third-order valence-corrected chi connectivity index (χ3v) is 2.28. The summed E-state index contributed by atoms with van der Waals surface area (Å²) in [6, 6.07) is 18.6. The lowest BCUT2D eigenvalue weighted by Gasteiger charge is -1.99. The molecule has 0 atom stereocenters. The van der Waals surface area contributed by atoms with Crippen molar-refractivity contribution in [1.29, 1.82) is 0 Å². The van der Waals surface area contributed by atoms with Crippen LogP contribution in [0, 0.1) is 0 Å². The molecule has 0 aliphatic rings. The molecular formula is C15H17NO3. The van der Waals surface area contributed by atoms with E-state index in [1.807, 2.05) is 60.7 Å². The zero-order valence-electron chi connectivity index (χ0n) is 10.4. The number of nitrogens with two attached hydrogens (primary N) is 1. The van der Waals surface area contributed by atoms with Gasteiger partial charge in [-0.3, -0.25) is 4.79 Å². The number of hydrogen-bond donors (Lipinski definition) is 3. The van der Waals surface area contributed by atoms with Gasteiger partial charge in [0.2, 0.25) is 0 Å². The van der Waals surface area contributed by atoms with E-state index in [0.717, 1.165) is 11.1 Å². The first-order chi connectivity index (χ1) is 9.15. The first kappa shape index (κ1) is 15.0. The molecule has 4 heteroatoms. The highest BCUT2D eigenvalue weighted by atomic mass is 16.5. The minimum absolute atomic E-state index is 0.0752. The van der Waals surface area contributed by atoms with Crippen LogP contribution in [0.1, 0.15) is 15.9 Å². The summed E-state index contributed by atoms with van der Waals surface area (Å²) in [5.74, 6) is 0.0752. The van der Waals surface area contributed by atoms with Crippen molar-refractivity contribution in [2.45, 2.75) is 6.29 Å². The number of aliphatic hydroxyl groups excluding tert-OH is 1. The first-order valence-corrected chi connectivity index (χ1v) is 5.86. The van der Waals surface area contributed by atoms with E-state index in [4.69, 9.17) is 10.2 Å². The second-order valence-electron chi connectivity index (χ2n) is 3.78. The van der Waals surface area contributed by atoms with Crippen molar-refractivity contribution in [3.05, 3.63) is 71.8 Å². The van der Waals surface area contributed by atoms with Crippen LogP contribution < -0.4 is 5.73 Å². The monoisotopic (exact) mass is 259 g/mol. The quantitative estimate of drug-likeness (QED) is 0.571. The molecular weight excluding hydrogens is 242 g/mol. The van der Waals surface area contributed by atoms with Crippen molar-refractivity contribution in [3.63, 3.8) is 0 Å². The maximum Gasteiger partial charge on any atom is 0.193 e. The number of hydrogen-bond acceptors (Lipinski definition) is 4. The van der Waals surface area contributed by atoms with Gasteiger partial charge in [0.1, 0.15) is 0 Å². The van der Waals surface area contributed by atoms with Crippen LogP contribution in [0.15, 0.2) is 60.7 Å². The normalized spacial score (nSPS) is 9.68. The van der Waals surface area contributed by atoms with Crippen molar-refractivity contribution in [2.75, 3.05) is 6.54 Å². The minimum atomic E-state index is -1.34. The summed E-state index contributed by atoms with van der Waals surface area (Å²) in [6.07, 6.45) is -1.34. The molecule has 0 aromatic heterocycles. The molecule has 0 heterocycles. The molecule has 2 aromatic carbocycles. The van der Waals surface area contributed by atoms with Crippen molar-refractivity contribution in [3.8, 4) is 0 Å². The van der Waals surface area contributed by atoms with Crippen molar-refractivity contribution in [2.24, 2.45) is 5.73 Å². The van der Waals surface area contributed by atoms with Gasteiger partial charge in [-0.15, -0.1) is 0 Å². The summed E-state index contributed by atoms with van der Waals surface area (Å²) in [6.45, 7) is -0.0833. The van der Waals surface area contributed by atoms with Gasteiger partial charge < -0.3 is 15.9 Å². The van der Waals surface area contributed by atoms with Crippen LogP contribution in [0.4, 0.5) is 0 Å². The smallest absolute Gasteiger partial charge is 0.193 e. The number of rotatable bonds is 3. The Hall–Kier alpha value is -2.01. The predicted octanol–water partition coefficient (Wildman–Crippen LogP) is 1.17. The fourth-order valence-corrected chi connectivity index (χ4v) is 1.35. The van der Waals surface area contributed by atoms with Gasteiger partial charge in [-0.1, -0.05) is 60.7 Å². The average molecular weight is 259 g/mol. The van der Waals surface area contributed by atoms with Crippen LogP contribution in [-0.2, 0) is 0 Å². The van der Waals surface area contributed by atoms with Gasteiger partial charge in [-0.05, 0) is 0 Å². The van der Waals surface area contributed by atoms with Crippen LogP contribution in [0.25, 0.3) is 0 Å². The second-order valence-corrected chi connectivity index (χ2v) is 3.78. The Morgan fingerprint density at radius 3 is 1.47 bits per heavy atom. The average Bonchev–Trinajstić information content (AvgIpc) is 2.49. The summed E-state index contributed by atoms with van der Waals surface area (Å²) < 4.78 is 0. The van der Waals surface area contributed by atoms with Crippen LogP contribution in [0.2, 0.25) is 0 Å². The van der Waals surface area contributed by atoms with E-state index in [2.05, 4.69) is 5.73 Å². The van der Waals surface area contributed by atoms with Gasteiger partial charge in [0.15, 0.2) is 12.1 Å². The van der Waals surface area contributed by atoms with Gasteiger partial charge >= 0.3 is 0 Å². The molecule has 4 N–H and O–H groups in total. The summed E-state index contributed by atoms with van der Waals surface area (Å²) in [7, 11) is 0. The summed E-state index contributed by atoms with van der Waals surface area (Å²) >= 11 is 0. The number of aliphatic hydroxyl groups is 2. The van der Waals surface area contributed by atoms with Gasteiger partial charge in [-0.25, -0.2) is 0 Å². The molecule has 19 heavy (non-hydrogen) atoms. The second kappa shape index (κ2) is 8.16. The molecule has 2 aromatic rings. The lowest BCUT2D eigenvalue weighted by molar-refractivity contribution is -0.0309. The molecule has 0 amide bonds. The molecule has 0 fully saturated rings. The zero-order chi connectivity index (χ0) is 14.1. The largest absolute Gasteiger partial charge is 0.367 e. The molecule has 4 nitrogen and oxygen atoms in total. The molecule has 0 saturated heterocycles. The first-order valence-electron chi connectivity index (χ1n) is 5.86. The SMILES string of the molecule is NCC(O)O.O=C(c1ccccc1)c1ccccc1. The third-order valence-electron chi connectivity index (χ3n) is 2.28. The Labute approximate surface area is 112 Å². The van der Waals surface area contributed by atoms with Gasteiger partial charge in [0.25, 0.3) is 0 Å².